The van der Waals surface area contributed by atoms with Crippen molar-refractivity contribution in [2.75, 3.05) is 25.0 Å². The molecule has 1 unspecified atom stereocenters. The van der Waals surface area contributed by atoms with Crippen molar-refractivity contribution in [2.24, 2.45) is 5.41 Å². The van der Waals surface area contributed by atoms with Gasteiger partial charge in [-0.1, -0.05) is 6.92 Å². The van der Waals surface area contributed by atoms with Crippen molar-refractivity contribution < 1.29 is 9.18 Å². The molecular weight excluding hydrogens is 245 g/mol. The SMILES string of the molecule is CC1(CNC(=O)Nc2ccc(F)cc2)CCCNC1. The normalized spacial score (nSPS) is 22.8. The smallest absolute Gasteiger partial charge is 0.319 e. The number of nitrogens with one attached hydrogen (secondary N) is 3. The van der Waals surface area contributed by atoms with E-state index in [1.54, 1.807) is 12.1 Å². The van der Waals surface area contributed by atoms with Crippen molar-refractivity contribution in [1.82, 2.24) is 10.6 Å². The van der Waals surface area contributed by atoms with Gasteiger partial charge in [0.1, 0.15) is 5.82 Å². The first-order chi connectivity index (χ1) is 9.07. The number of carbonyl (C=O) groups excluding carboxylic acids is 1. The molecule has 1 heterocycles. The van der Waals surface area contributed by atoms with E-state index in [1.165, 1.54) is 12.1 Å². The lowest BCUT2D eigenvalue weighted by atomic mass is 9.83. The Hall–Kier alpha value is -1.62. The van der Waals surface area contributed by atoms with Crippen molar-refractivity contribution >= 4 is 11.7 Å². The van der Waals surface area contributed by atoms with Gasteiger partial charge in [0.25, 0.3) is 0 Å². The van der Waals surface area contributed by atoms with Gasteiger partial charge in [-0.3, -0.25) is 0 Å². The lowest BCUT2D eigenvalue weighted by Gasteiger charge is -2.34. The number of carbonyl (C=O) groups is 1. The number of halogens is 1. The number of rotatable bonds is 3. The van der Waals surface area contributed by atoms with Crippen molar-refractivity contribution in [1.29, 1.82) is 0 Å². The van der Waals surface area contributed by atoms with Crippen molar-refractivity contribution in [3.05, 3.63) is 30.1 Å². The van der Waals surface area contributed by atoms with Gasteiger partial charge in [0, 0.05) is 18.8 Å². The summed E-state index contributed by atoms with van der Waals surface area (Å²) in [4.78, 5) is 11.7. The Kier molecular flexibility index (Phi) is 4.37. The highest BCUT2D eigenvalue weighted by Gasteiger charge is 2.26. The summed E-state index contributed by atoms with van der Waals surface area (Å²) in [6.07, 6.45) is 2.24. The summed E-state index contributed by atoms with van der Waals surface area (Å²) >= 11 is 0. The van der Waals surface area contributed by atoms with E-state index in [0.29, 0.717) is 12.2 Å². The zero-order valence-corrected chi connectivity index (χ0v) is 11.1. The number of amides is 2. The highest BCUT2D eigenvalue weighted by atomic mass is 19.1. The first-order valence-electron chi connectivity index (χ1n) is 6.59. The molecule has 0 aromatic heterocycles. The maximum Gasteiger partial charge on any atom is 0.319 e. The molecule has 4 nitrogen and oxygen atoms in total. The number of hydrogen-bond acceptors (Lipinski definition) is 2. The minimum absolute atomic E-state index is 0.110. The zero-order valence-electron chi connectivity index (χ0n) is 11.1. The molecule has 1 aromatic carbocycles. The van der Waals surface area contributed by atoms with Crippen molar-refractivity contribution in [2.45, 2.75) is 19.8 Å². The molecule has 1 fully saturated rings. The van der Waals surface area contributed by atoms with Crippen LogP contribution in [0.25, 0.3) is 0 Å². The molecule has 2 amide bonds. The molecule has 1 atom stereocenters. The Balaban J connectivity index is 1.79. The molecule has 5 heteroatoms. The van der Waals surface area contributed by atoms with E-state index in [4.69, 9.17) is 0 Å². The van der Waals surface area contributed by atoms with Crippen LogP contribution in [0, 0.1) is 11.2 Å². The standard InChI is InChI=1S/C14H20FN3O/c1-14(7-2-8-16-9-14)10-17-13(19)18-12-5-3-11(15)4-6-12/h3-6,16H,2,7-10H2,1H3,(H2,17,18,19). The van der Waals surface area contributed by atoms with Gasteiger partial charge in [0.05, 0.1) is 0 Å². The molecule has 0 aliphatic carbocycles. The highest BCUT2D eigenvalue weighted by Crippen LogP contribution is 2.24. The largest absolute Gasteiger partial charge is 0.337 e. The predicted molar refractivity (Wildman–Crippen MR) is 73.6 cm³/mol. The van der Waals surface area contributed by atoms with Crippen LogP contribution in [-0.4, -0.2) is 25.7 Å². The van der Waals surface area contributed by atoms with E-state index >= 15 is 0 Å². The average Bonchev–Trinajstić information content (AvgIpc) is 2.40. The maximum atomic E-state index is 12.7. The second-order valence-electron chi connectivity index (χ2n) is 5.41. The zero-order chi connectivity index (χ0) is 13.7. The molecule has 2 rings (SSSR count). The highest BCUT2D eigenvalue weighted by molar-refractivity contribution is 5.89. The van der Waals surface area contributed by atoms with Gasteiger partial charge >= 0.3 is 6.03 Å². The van der Waals surface area contributed by atoms with Crippen LogP contribution < -0.4 is 16.0 Å². The number of anilines is 1. The van der Waals surface area contributed by atoms with Gasteiger partial charge in [-0.25, -0.2) is 9.18 Å². The van der Waals surface area contributed by atoms with Crippen LogP contribution in [0.2, 0.25) is 0 Å². The van der Waals surface area contributed by atoms with Crippen LogP contribution >= 0.6 is 0 Å². The van der Waals surface area contributed by atoms with Gasteiger partial charge in [-0.05, 0) is 49.1 Å². The van der Waals surface area contributed by atoms with Gasteiger partial charge < -0.3 is 16.0 Å². The summed E-state index contributed by atoms with van der Waals surface area (Å²) in [7, 11) is 0. The number of hydrogen-bond donors (Lipinski definition) is 3. The minimum atomic E-state index is -0.313. The second-order valence-corrected chi connectivity index (χ2v) is 5.41. The van der Waals surface area contributed by atoms with Crippen molar-refractivity contribution in [3.8, 4) is 0 Å². The molecular formula is C14H20FN3O. The third kappa shape index (κ3) is 4.21. The molecule has 0 radical (unpaired) electrons. The molecule has 0 bridgehead atoms. The Morgan fingerprint density at radius 2 is 2.16 bits per heavy atom. The van der Waals surface area contributed by atoms with Gasteiger partial charge in [0.2, 0.25) is 0 Å². The minimum Gasteiger partial charge on any atom is -0.337 e. The van der Waals surface area contributed by atoms with Gasteiger partial charge in [-0.15, -0.1) is 0 Å². The van der Waals surface area contributed by atoms with Gasteiger partial charge in [-0.2, -0.15) is 0 Å². The molecule has 3 N–H and O–H groups in total. The first kappa shape index (κ1) is 13.8. The van der Waals surface area contributed by atoms with Crippen LogP contribution in [0.15, 0.2) is 24.3 Å². The van der Waals surface area contributed by atoms with Gasteiger partial charge in [0.15, 0.2) is 0 Å². The lowest BCUT2D eigenvalue weighted by molar-refractivity contribution is 0.217. The van der Waals surface area contributed by atoms with Crippen LogP contribution in [0.4, 0.5) is 14.9 Å². The van der Waals surface area contributed by atoms with Crippen LogP contribution in [0.5, 0.6) is 0 Å². The van der Waals surface area contributed by atoms with E-state index in [1.807, 2.05) is 0 Å². The lowest BCUT2D eigenvalue weighted by Crippen LogP contribution is -2.46. The van der Waals surface area contributed by atoms with E-state index < -0.39 is 0 Å². The Morgan fingerprint density at radius 1 is 1.42 bits per heavy atom. The molecule has 1 saturated heterocycles. The Bertz CT molecular complexity index is 427. The third-order valence-corrected chi connectivity index (χ3v) is 3.46. The number of piperidine rings is 1. The second kappa shape index (κ2) is 6.02. The molecule has 0 saturated carbocycles. The molecule has 1 aliphatic rings. The fraction of sp³-hybridized carbons (Fsp3) is 0.500. The molecule has 1 aliphatic heterocycles. The first-order valence-corrected chi connectivity index (χ1v) is 6.59. The van der Waals surface area contributed by atoms with E-state index in [0.717, 1.165) is 25.9 Å². The van der Waals surface area contributed by atoms with Crippen LogP contribution in [0.1, 0.15) is 19.8 Å². The quantitative estimate of drug-likeness (QED) is 0.785. The fourth-order valence-corrected chi connectivity index (χ4v) is 2.27. The van der Waals surface area contributed by atoms with E-state index in [9.17, 15) is 9.18 Å². The number of urea groups is 1. The summed E-state index contributed by atoms with van der Waals surface area (Å²) in [5.41, 5.74) is 0.698. The average molecular weight is 265 g/mol. The number of benzene rings is 1. The van der Waals surface area contributed by atoms with E-state index in [-0.39, 0.29) is 17.3 Å². The van der Waals surface area contributed by atoms with E-state index in [2.05, 4.69) is 22.9 Å². The summed E-state index contributed by atoms with van der Waals surface area (Å²) < 4.78 is 12.7. The molecule has 104 valence electrons. The van der Waals surface area contributed by atoms with Crippen LogP contribution in [-0.2, 0) is 0 Å². The Labute approximate surface area is 112 Å². The molecule has 19 heavy (non-hydrogen) atoms. The monoisotopic (exact) mass is 265 g/mol. The Morgan fingerprint density at radius 3 is 2.79 bits per heavy atom. The predicted octanol–water partition coefficient (Wildman–Crippen LogP) is 2.34. The van der Waals surface area contributed by atoms with Crippen LogP contribution in [0.3, 0.4) is 0 Å². The molecule has 1 aromatic rings. The summed E-state index contributed by atoms with van der Waals surface area (Å²) in [6.45, 7) is 4.77. The summed E-state index contributed by atoms with van der Waals surface area (Å²) in [6, 6.07) is 5.47. The maximum absolute atomic E-state index is 12.7. The topological polar surface area (TPSA) is 53.2 Å². The summed E-state index contributed by atoms with van der Waals surface area (Å²) in [5.74, 6) is -0.313. The van der Waals surface area contributed by atoms with Crippen molar-refractivity contribution in [3.63, 3.8) is 0 Å². The summed E-state index contributed by atoms with van der Waals surface area (Å²) in [5, 5.41) is 8.90. The fourth-order valence-electron chi connectivity index (χ4n) is 2.27. The molecule has 0 spiro atoms. The third-order valence-electron chi connectivity index (χ3n) is 3.46.